The van der Waals surface area contributed by atoms with E-state index in [9.17, 15) is 4.79 Å². The number of hydrogen-bond donors (Lipinski definition) is 0. The summed E-state index contributed by atoms with van der Waals surface area (Å²) < 4.78 is 17.5. The fourth-order valence-electron chi connectivity index (χ4n) is 2.55. The van der Waals surface area contributed by atoms with E-state index in [4.69, 9.17) is 25.8 Å². The number of rotatable bonds is 6. The second kappa shape index (κ2) is 7.49. The number of methoxy groups -OCH3 is 3. The van der Waals surface area contributed by atoms with Crippen molar-refractivity contribution >= 4 is 17.4 Å². The largest absolute Gasteiger partial charge is 0.493 e. The normalized spacial score (nSPS) is 10.5. The Labute approximate surface area is 155 Å². The number of nitrogens with zero attached hydrogens (tertiary/aromatic N) is 2. The summed E-state index contributed by atoms with van der Waals surface area (Å²) in [7, 11) is 4.52. The van der Waals surface area contributed by atoms with Gasteiger partial charge in [-0.3, -0.25) is 4.79 Å². The minimum atomic E-state index is -0.204. The zero-order chi connectivity index (χ0) is 18.7. The predicted molar refractivity (Wildman–Crippen MR) is 98.1 cm³/mol. The predicted octanol–water partition coefficient (Wildman–Crippen LogP) is 3.78. The SMILES string of the molecule is COc1cc(C(=O)c2cnn(-c3ccc(Cl)cc3)c2)cc(OC)c1OC. The molecule has 2 aromatic carbocycles. The van der Waals surface area contributed by atoms with Crippen LogP contribution in [0.4, 0.5) is 0 Å². The summed E-state index contributed by atoms with van der Waals surface area (Å²) in [6.07, 6.45) is 3.18. The van der Waals surface area contributed by atoms with E-state index in [2.05, 4.69) is 5.10 Å². The first-order valence-electron chi connectivity index (χ1n) is 7.72. The molecule has 0 N–H and O–H groups in total. The Morgan fingerprint density at radius 3 is 2.12 bits per heavy atom. The molecule has 3 aromatic rings. The molecule has 0 spiro atoms. The average molecular weight is 373 g/mol. The van der Waals surface area contributed by atoms with Gasteiger partial charge in [0.1, 0.15) is 0 Å². The van der Waals surface area contributed by atoms with Crippen molar-refractivity contribution in [1.29, 1.82) is 0 Å². The molecule has 26 heavy (non-hydrogen) atoms. The Morgan fingerprint density at radius 1 is 0.962 bits per heavy atom. The van der Waals surface area contributed by atoms with Crippen molar-refractivity contribution in [3.05, 3.63) is 64.9 Å². The first kappa shape index (κ1) is 17.8. The molecule has 0 radical (unpaired) electrons. The van der Waals surface area contributed by atoms with Gasteiger partial charge >= 0.3 is 0 Å². The molecule has 0 aliphatic rings. The molecule has 7 heteroatoms. The van der Waals surface area contributed by atoms with E-state index >= 15 is 0 Å². The van der Waals surface area contributed by atoms with E-state index in [1.54, 1.807) is 35.1 Å². The van der Waals surface area contributed by atoms with Crippen LogP contribution in [0, 0.1) is 0 Å². The van der Waals surface area contributed by atoms with E-state index < -0.39 is 0 Å². The highest BCUT2D eigenvalue weighted by Gasteiger charge is 2.19. The summed E-state index contributed by atoms with van der Waals surface area (Å²) in [6.45, 7) is 0. The van der Waals surface area contributed by atoms with E-state index in [1.165, 1.54) is 27.5 Å². The third-order valence-corrected chi connectivity index (χ3v) is 4.11. The van der Waals surface area contributed by atoms with Crippen LogP contribution in [0.5, 0.6) is 17.2 Å². The highest BCUT2D eigenvalue weighted by Crippen LogP contribution is 2.38. The van der Waals surface area contributed by atoms with Gasteiger partial charge in [-0.2, -0.15) is 5.10 Å². The van der Waals surface area contributed by atoms with E-state index in [-0.39, 0.29) is 5.78 Å². The molecule has 0 amide bonds. The molecule has 3 rings (SSSR count). The van der Waals surface area contributed by atoms with Gasteiger partial charge in [0, 0.05) is 16.8 Å². The van der Waals surface area contributed by atoms with Crippen LogP contribution in [0.1, 0.15) is 15.9 Å². The van der Waals surface area contributed by atoms with Crippen LogP contribution < -0.4 is 14.2 Å². The summed E-state index contributed by atoms with van der Waals surface area (Å²) in [4.78, 5) is 12.9. The van der Waals surface area contributed by atoms with Crippen LogP contribution in [0.3, 0.4) is 0 Å². The summed E-state index contributed by atoms with van der Waals surface area (Å²) in [5.74, 6) is 1.06. The first-order chi connectivity index (χ1) is 12.6. The topological polar surface area (TPSA) is 62.6 Å². The number of aromatic nitrogens is 2. The second-order valence-electron chi connectivity index (χ2n) is 5.39. The molecule has 0 unspecified atom stereocenters. The number of carbonyl (C=O) groups is 1. The lowest BCUT2D eigenvalue weighted by atomic mass is 10.1. The van der Waals surface area contributed by atoms with Gasteiger partial charge in [0.2, 0.25) is 5.75 Å². The number of hydrogen-bond acceptors (Lipinski definition) is 5. The molecule has 134 valence electrons. The number of ether oxygens (including phenoxy) is 3. The number of ketones is 1. The zero-order valence-corrected chi connectivity index (χ0v) is 15.3. The second-order valence-corrected chi connectivity index (χ2v) is 5.83. The van der Waals surface area contributed by atoms with Gasteiger partial charge in [-0.25, -0.2) is 4.68 Å². The van der Waals surface area contributed by atoms with Gasteiger partial charge in [0.15, 0.2) is 17.3 Å². The molecule has 0 aliphatic heterocycles. The van der Waals surface area contributed by atoms with Crippen molar-refractivity contribution in [2.24, 2.45) is 0 Å². The van der Waals surface area contributed by atoms with E-state index in [1.807, 2.05) is 12.1 Å². The highest BCUT2D eigenvalue weighted by molar-refractivity contribution is 6.30. The molecule has 0 saturated carbocycles. The van der Waals surface area contributed by atoms with Crippen LogP contribution in [0.15, 0.2) is 48.8 Å². The van der Waals surface area contributed by atoms with Crippen molar-refractivity contribution in [2.45, 2.75) is 0 Å². The molecule has 6 nitrogen and oxygen atoms in total. The fraction of sp³-hybridized carbons (Fsp3) is 0.158. The third kappa shape index (κ3) is 3.36. The van der Waals surface area contributed by atoms with Crippen molar-refractivity contribution in [3.8, 4) is 22.9 Å². The van der Waals surface area contributed by atoms with Crippen LogP contribution >= 0.6 is 11.6 Å². The lowest BCUT2D eigenvalue weighted by Crippen LogP contribution is -2.03. The molecule has 0 bridgehead atoms. The maximum Gasteiger partial charge on any atom is 0.203 e. The molecule has 0 atom stereocenters. The van der Waals surface area contributed by atoms with Crippen LogP contribution in [-0.4, -0.2) is 36.9 Å². The standard InChI is InChI=1S/C19H17ClN2O4/c1-24-16-8-12(9-17(25-2)19(16)26-3)18(23)13-10-21-22(11-13)15-6-4-14(20)5-7-15/h4-11H,1-3H3. The molecule has 1 aromatic heterocycles. The molecular formula is C19H17ClN2O4. The Morgan fingerprint density at radius 2 is 1.58 bits per heavy atom. The molecule has 0 saturated heterocycles. The van der Waals surface area contributed by atoms with E-state index in [0.717, 1.165) is 5.69 Å². The van der Waals surface area contributed by atoms with Crippen LogP contribution in [0.2, 0.25) is 5.02 Å². The van der Waals surface area contributed by atoms with Crippen molar-refractivity contribution in [3.63, 3.8) is 0 Å². The molecule has 0 fully saturated rings. The summed E-state index contributed by atoms with van der Waals surface area (Å²) in [5.41, 5.74) is 1.66. The maximum absolute atomic E-state index is 12.9. The Hall–Kier alpha value is -2.99. The summed E-state index contributed by atoms with van der Waals surface area (Å²) in [6, 6.07) is 10.4. The lowest BCUT2D eigenvalue weighted by molar-refractivity contribution is 0.103. The number of halogens is 1. The smallest absolute Gasteiger partial charge is 0.203 e. The van der Waals surface area contributed by atoms with Gasteiger partial charge in [-0.15, -0.1) is 0 Å². The number of carbonyl (C=O) groups excluding carboxylic acids is 1. The maximum atomic E-state index is 12.9. The van der Waals surface area contributed by atoms with Gasteiger partial charge in [-0.05, 0) is 36.4 Å². The average Bonchev–Trinajstić information content (AvgIpc) is 3.16. The Kier molecular flexibility index (Phi) is 5.14. The fourth-order valence-corrected chi connectivity index (χ4v) is 2.68. The zero-order valence-electron chi connectivity index (χ0n) is 14.5. The van der Waals surface area contributed by atoms with E-state index in [0.29, 0.717) is 33.4 Å². The monoisotopic (exact) mass is 372 g/mol. The number of benzene rings is 2. The van der Waals surface area contributed by atoms with Crippen LogP contribution in [0.25, 0.3) is 5.69 Å². The Balaban J connectivity index is 1.96. The van der Waals surface area contributed by atoms with Crippen molar-refractivity contribution < 1.29 is 19.0 Å². The summed E-state index contributed by atoms with van der Waals surface area (Å²) in [5, 5.41) is 4.88. The molecule has 0 aliphatic carbocycles. The lowest BCUT2D eigenvalue weighted by Gasteiger charge is -2.13. The minimum Gasteiger partial charge on any atom is -0.493 e. The van der Waals surface area contributed by atoms with Crippen LogP contribution in [-0.2, 0) is 0 Å². The minimum absolute atomic E-state index is 0.204. The van der Waals surface area contributed by atoms with Crippen molar-refractivity contribution in [2.75, 3.05) is 21.3 Å². The molecule has 1 heterocycles. The highest BCUT2D eigenvalue weighted by atomic mass is 35.5. The van der Waals surface area contributed by atoms with Gasteiger partial charge in [0.25, 0.3) is 0 Å². The Bertz CT molecular complexity index is 910. The third-order valence-electron chi connectivity index (χ3n) is 3.86. The summed E-state index contributed by atoms with van der Waals surface area (Å²) >= 11 is 5.90. The van der Waals surface area contributed by atoms with Gasteiger partial charge in [0.05, 0.1) is 38.8 Å². The van der Waals surface area contributed by atoms with Gasteiger partial charge < -0.3 is 14.2 Å². The molecular weight excluding hydrogens is 356 g/mol. The first-order valence-corrected chi connectivity index (χ1v) is 8.10. The van der Waals surface area contributed by atoms with Gasteiger partial charge in [-0.1, -0.05) is 11.6 Å². The quantitative estimate of drug-likeness (QED) is 0.616. The van der Waals surface area contributed by atoms with Crippen molar-refractivity contribution in [1.82, 2.24) is 9.78 Å².